The van der Waals surface area contributed by atoms with E-state index in [4.69, 9.17) is 10.2 Å². The zero-order valence-corrected chi connectivity index (χ0v) is 11.6. The van der Waals surface area contributed by atoms with Crippen molar-refractivity contribution in [3.05, 3.63) is 24.2 Å². The van der Waals surface area contributed by atoms with Gasteiger partial charge in [0, 0.05) is 18.6 Å². The maximum atomic E-state index is 6.07. The number of thioether (sulfide) groups is 1. The summed E-state index contributed by atoms with van der Waals surface area (Å²) in [6, 6.07) is 5.34. The second-order valence-electron chi connectivity index (χ2n) is 5.41. The van der Waals surface area contributed by atoms with Crippen LogP contribution in [0.25, 0.3) is 0 Å². The van der Waals surface area contributed by atoms with Crippen LogP contribution in [-0.4, -0.2) is 35.0 Å². The Morgan fingerprint density at radius 1 is 1.44 bits per heavy atom. The Kier molecular flexibility index (Phi) is 3.97. The number of furan rings is 1. The zero-order valence-electron chi connectivity index (χ0n) is 10.8. The lowest BCUT2D eigenvalue weighted by atomic mass is 9.97. The van der Waals surface area contributed by atoms with Crippen LogP contribution in [0.15, 0.2) is 22.8 Å². The van der Waals surface area contributed by atoms with Gasteiger partial charge in [-0.2, -0.15) is 11.8 Å². The molecule has 2 fully saturated rings. The first-order valence-electron chi connectivity index (χ1n) is 6.94. The van der Waals surface area contributed by atoms with E-state index in [1.54, 1.807) is 6.26 Å². The quantitative estimate of drug-likeness (QED) is 0.858. The molecular weight excluding hydrogens is 244 g/mol. The lowest BCUT2D eigenvalue weighted by molar-refractivity contribution is 0.128. The summed E-state index contributed by atoms with van der Waals surface area (Å²) in [5.74, 6) is 4.44. The molecule has 0 radical (unpaired) electrons. The van der Waals surface area contributed by atoms with Gasteiger partial charge in [0.2, 0.25) is 0 Å². The standard InChI is InChI=1S/C14H22N2OS/c15-8-14(11-5-7-18-10-11)16(12-3-4-12)9-13-2-1-6-17-13/h1-2,6,11-12,14H,3-5,7-10,15H2. The summed E-state index contributed by atoms with van der Waals surface area (Å²) in [5, 5.41) is 0. The molecule has 0 bridgehead atoms. The number of rotatable bonds is 6. The summed E-state index contributed by atoms with van der Waals surface area (Å²) in [6.07, 6.45) is 5.76. The SMILES string of the molecule is NCC(C1CCSC1)N(Cc1ccco1)C1CC1. The molecule has 1 aliphatic heterocycles. The monoisotopic (exact) mass is 266 g/mol. The van der Waals surface area contributed by atoms with Crippen molar-refractivity contribution in [3.8, 4) is 0 Å². The van der Waals surface area contributed by atoms with Crippen LogP contribution >= 0.6 is 11.8 Å². The Morgan fingerprint density at radius 3 is 2.89 bits per heavy atom. The van der Waals surface area contributed by atoms with Crippen LogP contribution in [0.4, 0.5) is 0 Å². The average molecular weight is 266 g/mol. The molecule has 2 aliphatic rings. The topological polar surface area (TPSA) is 42.4 Å². The molecule has 2 atom stereocenters. The maximum absolute atomic E-state index is 6.07. The third-order valence-corrected chi connectivity index (χ3v) is 5.30. The maximum Gasteiger partial charge on any atom is 0.117 e. The molecule has 100 valence electrons. The Labute approximate surface area is 113 Å². The minimum atomic E-state index is 0.539. The fourth-order valence-electron chi connectivity index (χ4n) is 2.96. The summed E-state index contributed by atoms with van der Waals surface area (Å²) in [6.45, 7) is 1.71. The summed E-state index contributed by atoms with van der Waals surface area (Å²) in [7, 11) is 0. The Morgan fingerprint density at radius 2 is 2.33 bits per heavy atom. The minimum absolute atomic E-state index is 0.539. The van der Waals surface area contributed by atoms with E-state index in [2.05, 4.69) is 22.7 Å². The fourth-order valence-corrected chi connectivity index (χ4v) is 4.29. The minimum Gasteiger partial charge on any atom is -0.468 e. The number of nitrogens with zero attached hydrogens (tertiary/aromatic N) is 1. The van der Waals surface area contributed by atoms with Gasteiger partial charge in [-0.25, -0.2) is 0 Å². The molecule has 3 nitrogen and oxygen atoms in total. The van der Waals surface area contributed by atoms with Crippen molar-refractivity contribution in [2.45, 2.75) is 37.9 Å². The van der Waals surface area contributed by atoms with Crippen LogP contribution < -0.4 is 5.73 Å². The molecule has 1 aliphatic carbocycles. The van der Waals surface area contributed by atoms with Crippen LogP contribution in [0.3, 0.4) is 0 Å². The van der Waals surface area contributed by atoms with Gasteiger partial charge in [0.1, 0.15) is 5.76 Å². The Bertz CT molecular complexity index is 358. The summed E-state index contributed by atoms with van der Waals surface area (Å²) < 4.78 is 5.51. The molecule has 2 unspecified atom stereocenters. The van der Waals surface area contributed by atoms with E-state index in [1.165, 1.54) is 30.8 Å². The first-order valence-corrected chi connectivity index (χ1v) is 8.10. The van der Waals surface area contributed by atoms with Gasteiger partial charge in [-0.05, 0) is 48.8 Å². The first kappa shape index (κ1) is 12.6. The van der Waals surface area contributed by atoms with Crippen LogP contribution in [0.5, 0.6) is 0 Å². The lowest BCUT2D eigenvalue weighted by Crippen LogP contribution is -2.46. The normalized spacial score (nSPS) is 25.8. The summed E-state index contributed by atoms with van der Waals surface area (Å²) in [5.41, 5.74) is 6.07. The van der Waals surface area contributed by atoms with E-state index in [-0.39, 0.29) is 0 Å². The van der Waals surface area contributed by atoms with Crippen molar-refractivity contribution < 1.29 is 4.42 Å². The largest absolute Gasteiger partial charge is 0.468 e. The molecule has 2 N–H and O–H groups in total. The third kappa shape index (κ3) is 2.76. The van der Waals surface area contributed by atoms with Crippen LogP contribution in [0.2, 0.25) is 0 Å². The van der Waals surface area contributed by atoms with Gasteiger partial charge in [0.25, 0.3) is 0 Å². The zero-order chi connectivity index (χ0) is 12.4. The molecule has 1 aromatic heterocycles. The van der Waals surface area contributed by atoms with Crippen LogP contribution in [-0.2, 0) is 6.54 Å². The van der Waals surface area contributed by atoms with Crippen molar-refractivity contribution in [1.82, 2.24) is 4.90 Å². The highest BCUT2D eigenvalue weighted by atomic mass is 32.2. The van der Waals surface area contributed by atoms with Crippen molar-refractivity contribution in [3.63, 3.8) is 0 Å². The molecule has 1 saturated heterocycles. The summed E-state index contributed by atoms with van der Waals surface area (Å²) in [4.78, 5) is 2.61. The smallest absolute Gasteiger partial charge is 0.117 e. The highest BCUT2D eigenvalue weighted by Crippen LogP contribution is 2.36. The van der Waals surface area contributed by atoms with Gasteiger partial charge in [0.15, 0.2) is 0 Å². The molecule has 4 heteroatoms. The van der Waals surface area contributed by atoms with Crippen molar-refractivity contribution in [2.24, 2.45) is 11.7 Å². The first-order chi connectivity index (χ1) is 8.88. The third-order valence-electron chi connectivity index (χ3n) is 4.11. The molecule has 1 saturated carbocycles. The molecule has 0 aromatic carbocycles. The van der Waals surface area contributed by atoms with Gasteiger partial charge < -0.3 is 10.2 Å². The fraction of sp³-hybridized carbons (Fsp3) is 0.714. The van der Waals surface area contributed by atoms with E-state index in [0.29, 0.717) is 6.04 Å². The summed E-state index contributed by atoms with van der Waals surface area (Å²) >= 11 is 2.08. The van der Waals surface area contributed by atoms with Crippen LogP contribution in [0, 0.1) is 5.92 Å². The predicted octanol–water partition coefficient (Wildman–Crippen LogP) is 2.32. The molecule has 2 heterocycles. The number of hydrogen-bond acceptors (Lipinski definition) is 4. The van der Waals surface area contributed by atoms with E-state index in [1.807, 2.05) is 6.07 Å². The van der Waals surface area contributed by atoms with E-state index in [0.717, 1.165) is 30.8 Å². The highest BCUT2D eigenvalue weighted by Gasteiger charge is 2.38. The van der Waals surface area contributed by atoms with Crippen molar-refractivity contribution in [1.29, 1.82) is 0 Å². The molecule has 0 spiro atoms. The molecule has 3 rings (SSSR count). The van der Waals surface area contributed by atoms with Gasteiger partial charge in [-0.15, -0.1) is 0 Å². The Balaban J connectivity index is 1.70. The van der Waals surface area contributed by atoms with Gasteiger partial charge in [-0.3, -0.25) is 4.90 Å². The molecule has 0 amide bonds. The second-order valence-corrected chi connectivity index (χ2v) is 6.56. The van der Waals surface area contributed by atoms with Crippen molar-refractivity contribution >= 4 is 11.8 Å². The second kappa shape index (κ2) is 5.68. The van der Waals surface area contributed by atoms with Gasteiger partial charge in [0.05, 0.1) is 12.8 Å². The van der Waals surface area contributed by atoms with Crippen LogP contribution in [0.1, 0.15) is 25.0 Å². The lowest BCUT2D eigenvalue weighted by Gasteiger charge is -2.34. The van der Waals surface area contributed by atoms with E-state index >= 15 is 0 Å². The predicted molar refractivity (Wildman–Crippen MR) is 75.5 cm³/mol. The van der Waals surface area contributed by atoms with Gasteiger partial charge >= 0.3 is 0 Å². The van der Waals surface area contributed by atoms with E-state index in [9.17, 15) is 0 Å². The molecular formula is C14H22N2OS. The van der Waals surface area contributed by atoms with Gasteiger partial charge in [-0.1, -0.05) is 0 Å². The highest BCUT2D eigenvalue weighted by molar-refractivity contribution is 7.99. The number of hydrogen-bond donors (Lipinski definition) is 1. The average Bonchev–Trinajstić information content (AvgIpc) is 2.89. The van der Waals surface area contributed by atoms with E-state index < -0.39 is 0 Å². The molecule has 18 heavy (non-hydrogen) atoms. The van der Waals surface area contributed by atoms with Crippen molar-refractivity contribution in [2.75, 3.05) is 18.1 Å². The number of nitrogens with two attached hydrogens (primary N) is 1. The Hall–Kier alpha value is -0.450. The molecule has 1 aromatic rings.